The highest BCUT2D eigenvalue weighted by atomic mass is 16.1. The highest BCUT2D eigenvalue weighted by molar-refractivity contribution is 5.81. The van der Waals surface area contributed by atoms with E-state index in [4.69, 9.17) is 0 Å². The normalized spacial score (nSPS) is 31.1. The summed E-state index contributed by atoms with van der Waals surface area (Å²) in [6, 6.07) is 1.57. The fourth-order valence-electron chi connectivity index (χ4n) is 2.42. The van der Waals surface area contributed by atoms with E-state index < -0.39 is 0 Å². The van der Waals surface area contributed by atoms with E-state index in [0.717, 1.165) is 12.5 Å². The molecule has 2 aliphatic rings. The summed E-state index contributed by atoms with van der Waals surface area (Å²) in [6.07, 6.45) is 6.15. The van der Waals surface area contributed by atoms with Crippen molar-refractivity contribution in [1.29, 1.82) is 0 Å². The Kier molecular flexibility index (Phi) is 3.42. The number of carbonyl (C=O) groups excluding carboxylic acids is 1. The van der Waals surface area contributed by atoms with Gasteiger partial charge in [-0.05, 0) is 52.6 Å². The Bertz CT molecular complexity index is 238. The molecule has 1 aliphatic carbocycles. The zero-order valence-electron chi connectivity index (χ0n) is 9.83. The fourth-order valence-corrected chi connectivity index (χ4v) is 2.42. The summed E-state index contributed by atoms with van der Waals surface area (Å²) < 4.78 is 0. The number of nitrogens with zero attached hydrogens (tertiary/aromatic N) is 1. The van der Waals surface area contributed by atoms with Gasteiger partial charge in [0.05, 0.1) is 6.04 Å². The number of carbonyl (C=O) groups is 1. The van der Waals surface area contributed by atoms with Gasteiger partial charge in [0.1, 0.15) is 5.78 Å². The lowest BCUT2D eigenvalue weighted by Crippen LogP contribution is -2.36. The molecule has 1 aliphatic heterocycles. The van der Waals surface area contributed by atoms with Crippen LogP contribution in [0.4, 0.5) is 0 Å². The van der Waals surface area contributed by atoms with Crippen LogP contribution in [-0.4, -0.2) is 42.4 Å². The molecule has 15 heavy (non-hydrogen) atoms. The number of rotatable bonds is 5. The third-order valence-electron chi connectivity index (χ3n) is 3.73. The summed E-state index contributed by atoms with van der Waals surface area (Å²) in [4.78, 5) is 13.6. The smallest absolute Gasteiger partial charge is 0.146 e. The minimum Gasteiger partial charge on any atom is -0.305 e. The molecule has 2 atom stereocenters. The van der Waals surface area contributed by atoms with Crippen molar-refractivity contribution in [3.63, 3.8) is 0 Å². The van der Waals surface area contributed by atoms with Crippen LogP contribution in [0.25, 0.3) is 0 Å². The van der Waals surface area contributed by atoms with Gasteiger partial charge in [0.15, 0.2) is 0 Å². The van der Waals surface area contributed by atoms with Gasteiger partial charge in [-0.3, -0.25) is 4.79 Å². The van der Waals surface area contributed by atoms with Crippen molar-refractivity contribution in [3.8, 4) is 0 Å². The van der Waals surface area contributed by atoms with Gasteiger partial charge in [0.2, 0.25) is 0 Å². The SMILES string of the molecule is CC(=O)C1CCC(CCN(C)C2CC2)N1. The van der Waals surface area contributed by atoms with Gasteiger partial charge in [0.25, 0.3) is 0 Å². The van der Waals surface area contributed by atoms with Crippen LogP contribution >= 0.6 is 0 Å². The molecule has 2 fully saturated rings. The average Bonchev–Trinajstić information content (AvgIpc) is 2.93. The molecule has 0 aromatic rings. The lowest BCUT2D eigenvalue weighted by molar-refractivity contribution is -0.118. The lowest BCUT2D eigenvalue weighted by Gasteiger charge is -2.19. The van der Waals surface area contributed by atoms with Crippen molar-refractivity contribution in [2.24, 2.45) is 0 Å². The van der Waals surface area contributed by atoms with E-state index in [9.17, 15) is 4.79 Å². The molecule has 1 saturated heterocycles. The Labute approximate surface area is 92.2 Å². The van der Waals surface area contributed by atoms with Crippen LogP contribution in [0.15, 0.2) is 0 Å². The molecule has 0 radical (unpaired) electrons. The van der Waals surface area contributed by atoms with Crippen molar-refractivity contribution in [2.45, 2.75) is 57.2 Å². The van der Waals surface area contributed by atoms with Gasteiger partial charge < -0.3 is 10.2 Å². The molecule has 1 saturated carbocycles. The van der Waals surface area contributed by atoms with Crippen LogP contribution in [0.1, 0.15) is 39.0 Å². The first-order valence-corrected chi connectivity index (χ1v) is 6.13. The molecular weight excluding hydrogens is 188 g/mol. The van der Waals surface area contributed by atoms with Crippen LogP contribution in [0.5, 0.6) is 0 Å². The number of hydrogen-bond acceptors (Lipinski definition) is 3. The summed E-state index contributed by atoms with van der Waals surface area (Å²) in [7, 11) is 2.22. The van der Waals surface area contributed by atoms with Gasteiger partial charge in [-0.2, -0.15) is 0 Å². The second-order valence-corrected chi connectivity index (χ2v) is 5.10. The summed E-state index contributed by atoms with van der Waals surface area (Å²) >= 11 is 0. The van der Waals surface area contributed by atoms with E-state index in [-0.39, 0.29) is 6.04 Å². The quantitative estimate of drug-likeness (QED) is 0.739. The van der Waals surface area contributed by atoms with Crippen molar-refractivity contribution in [1.82, 2.24) is 10.2 Å². The van der Waals surface area contributed by atoms with Gasteiger partial charge >= 0.3 is 0 Å². The first-order chi connectivity index (χ1) is 7.16. The highest BCUT2D eigenvalue weighted by Gasteiger charge is 2.29. The first kappa shape index (κ1) is 11.1. The van der Waals surface area contributed by atoms with E-state index in [1.54, 1.807) is 6.92 Å². The molecule has 0 aromatic heterocycles. The minimum absolute atomic E-state index is 0.140. The van der Waals surface area contributed by atoms with Gasteiger partial charge in [-0.1, -0.05) is 0 Å². The summed E-state index contributed by atoms with van der Waals surface area (Å²) in [5.41, 5.74) is 0. The predicted octanol–water partition coefficient (Wildman–Crippen LogP) is 1.18. The van der Waals surface area contributed by atoms with Crippen molar-refractivity contribution in [2.75, 3.05) is 13.6 Å². The molecule has 0 spiro atoms. The topological polar surface area (TPSA) is 32.3 Å². The van der Waals surface area contributed by atoms with Crippen LogP contribution in [0, 0.1) is 0 Å². The Balaban J connectivity index is 1.65. The van der Waals surface area contributed by atoms with Crippen LogP contribution in [-0.2, 0) is 4.79 Å². The van der Waals surface area contributed by atoms with Crippen LogP contribution in [0.3, 0.4) is 0 Å². The van der Waals surface area contributed by atoms with E-state index >= 15 is 0 Å². The molecule has 1 heterocycles. The molecule has 2 rings (SSSR count). The largest absolute Gasteiger partial charge is 0.305 e. The lowest BCUT2D eigenvalue weighted by atomic mass is 10.1. The molecule has 1 N–H and O–H groups in total. The number of nitrogens with one attached hydrogen (secondary N) is 1. The molecule has 86 valence electrons. The molecule has 2 unspecified atom stereocenters. The summed E-state index contributed by atoms with van der Waals surface area (Å²) in [6.45, 7) is 2.86. The maximum Gasteiger partial charge on any atom is 0.146 e. The predicted molar refractivity (Wildman–Crippen MR) is 60.9 cm³/mol. The van der Waals surface area contributed by atoms with Crippen molar-refractivity contribution < 1.29 is 4.79 Å². The average molecular weight is 210 g/mol. The third-order valence-corrected chi connectivity index (χ3v) is 3.73. The molecule has 0 bridgehead atoms. The minimum atomic E-state index is 0.140. The Morgan fingerprint density at radius 3 is 2.60 bits per heavy atom. The first-order valence-electron chi connectivity index (χ1n) is 6.13. The Hall–Kier alpha value is -0.410. The zero-order valence-corrected chi connectivity index (χ0v) is 9.83. The maximum atomic E-state index is 11.2. The number of Topliss-reactive ketones (excluding diaryl/α,β-unsaturated/α-hetero) is 1. The van der Waals surface area contributed by atoms with Crippen molar-refractivity contribution >= 4 is 5.78 Å². The Morgan fingerprint density at radius 2 is 2.07 bits per heavy atom. The van der Waals surface area contributed by atoms with Gasteiger partial charge in [0, 0.05) is 12.1 Å². The monoisotopic (exact) mass is 210 g/mol. The summed E-state index contributed by atoms with van der Waals surface area (Å²) in [5.74, 6) is 0.299. The molecular formula is C12H22N2O. The Morgan fingerprint density at radius 1 is 1.33 bits per heavy atom. The number of hydrogen-bond donors (Lipinski definition) is 1. The number of ketones is 1. The third kappa shape index (κ3) is 3.02. The van der Waals surface area contributed by atoms with Crippen molar-refractivity contribution in [3.05, 3.63) is 0 Å². The van der Waals surface area contributed by atoms with Gasteiger partial charge in [-0.25, -0.2) is 0 Å². The standard InChI is InChI=1S/C12H22N2O/c1-9(15)12-6-3-10(13-12)7-8-14(2)11-4-5-11/h10-13H,3-8H2,1-2H3. The van der Waals surface area contributed by atoms with E-state index in [0.29, 0.717) is 11.8 Å². The molecule has 0 aromatic carbocycles. The molecule has 0 amide bonds. The van der Waals surface area contributed by atoms with E-state index in [1.165, 1.54) is 32.2 Å². The van der Waals surface area contributed by atoms with E-state index in [1.807, 2.05) is 0 Å². The van der Waals surface area contributed by atoms with Gasteiger partial charge in [-0.15, -0.1) is 0 Å². The maximum absolute atomic E-state index is 11.2. The second kappa shape index (κ2) is 4.62. The zero-order chi connectivity index (χ0) is 10.8. The molecule has 3 heteroatoms. The summed E-state index contributed by atoms with van der Waals surface area (Å²) in [5, 5.41) is 3.43. The molecule has 3 nitrogen and oxygen atoms in total. The second-order valence-electron chi connectivity index (χ2n) is 5.10. The van der Waals surface area contributed by atoms with Crippen LogP contribution in [0.2, 0.25) is 0 Å². The van der Waals surface area contributed by atoms with E-state index in [2.05, 4.69) is 17.3 Å². The van der Waals surface area contributed by atoms with Crippen LogP contribution < -0.4 is 5.32 Å². The highest BCUT2D eigenvalue weighted by Crippen LogP contribution is 2.26. The fraction of sp³-hybridized carbons (Fsp3) is 0.917.